The number of halogens is 1. The molecule has 6 heteroatoms. The Morgan fingerprint density at radius 3 is 2.83 bits per heavy atom. The molecule has 23 heavy (non-hydrogen) atoms. The third-order valence-electron chi connectivity index (χ3n) is 4.61. The molecule has 1 atom stereocenters. The van der Waals surface area contributed by atoms with Crippen molar-refractivity contribution in [3.05, 3.63) is 42.0 Å². The Kier molecular flexibility index (Phi) is 5.69. The molecule has 0 radical (unpaired) electrons. The Morgan fingerprint density at radius 1 is 1.17 bits per heavy atom. The predicted octanol–water partition coefficient (Wildman–Crippen LogP) is 2.55. The maximum atomic E-state index is 12.9. The molecule has 1 aliphatic heterocycles. The summed E-state index contributed by atoms with van der Waals surface area (Å²) in [5.74, 6) is 0.599. The summed E-state index contributed by atoms with van der Waals surface area (Å²) in [4.78, 5) is 2.56. The first-order valence-corrected chi connectivity index (χ1v) is 8.47. The Balaban J connectivity index is 1.38. The molecule has 1 aliphatic rings. The van der Waals surface area contributed by atoms with Crippen molar-refractivity contribution in [1.82, 2.24) is 25.1 Å². The maximum absolute atomic E-state index is 12.9. The molecule has 124 valence electrons. The number of benzene rings is 1. The van der Waals surface area contributed by atoms with Crippen LogP contribution in [0.5, 0.6) is 0 Å². The van der Waals surface area contributed by atoms with E-state index in [-0.39, 0.29) is 5.82 Å². The van der Waals surface area contributed by atoms with E-state index in [9.17, 15) is 4.39 Å². The topological polar surface area (TPSA) is 46.8 Å². The number of rotatable bonds is 7. The zero-order valence-corrected chi connectivity index (χ0v) is 13.4. The number of aryl methyl sites for hydroxylation is 2. The van der Waals surface area contributed by atoms with E-state index in [0.717, 1.165) is 31.8 Å². The molecule has 5 nitrogen and oxygen atoms in total. The monoisotopic (exact) mass is 317 g/mol. The summed E-state index contributed by atoms with van der Waals surface area (Å²) in [6.07, 6.45) is 7.57. The van der Waals surface area contributed by atoms with Gasteiger partial charge in [-0.25, -0.2) is 9.07 Å². The highest BCUT2D eigenvalue weighted by molar-refractivity contribution is 5.16. The molecule has 2 heterocycles. The van der Waals surface area contributed by atoms with Crippen molar-refractivity contribution in [2.45, 2.75) is 38.6 Å². The van der Waals surface area contributed by atoms with Gasteiger partial charge in [0.1, 0.15) is 12.1 Å². The Morgan fingerprint density at radius 2 is 2.04 bits per heavy atom. The largest absolute Gasteiger partial charge is 0.303 e. The molecule has 1 aromatic heterocycles. The summed E-state index contributed by atoms with van der Waals surface area (Å²) in [5, 5.41) is 11.2. The van der Waals surface area contributed by atoms with Gasteiger partial charge in [0.2, 0.25) is 0 Å². The SMILES string of the molecule is Fc1ccc(CCC2CCCN(CCCn3cnnn3)C2)cc1. The van der Waals surface area contributed by atoms with Crippen LogP contribution < -0.4 is 0 Å². The first kappa shape index (κ1) is 16.1. The smallest absolute Gasteiger partial charge is 0.138 e. The zero-order chi connectivity index (χ0) is 15.9. The average molecular weight is 317 g/mol. The fourth-order valence-electron chi connectivity index (χ4n) is 3.35. The van der Waals surface area contributed by atoms with E-state index in [1.54, 1.807) is 23.1 Å². The highest BCUT2D eigenvalue weighted by Gasteiger charge is 2.19. The molecule has 1 unspecified atom stereocenters. The molecular formula is C17H24FN5. The van der Waals surface area contributed by atoms with Crippen LogP contribution in [0.1, 0.15) is 31.2 Å². The minimum atomic E-state index is -0.153. The van der Waals surface area contributed by atoms with Gasteiger partial charge < -0.3 is 4.90 Å². The molecule has 0 aliphatic carbocycles. The molecule has 0 saturated carbocycles. The quantitative estimate of drug-likeness (QED) is 0.787. The number of hydrogen-bond acceptors (Lipinski definition) is 4. The Hall–Kier alpha value is -1.82. The van der Waals surface area contributed by atoms with E-state index in [1.165, 1.54) is 37.9 Å². The third kappa shape index (κ3) is 5.10. The third-order valence-corrected chi connectivity index (χ3v) is 4.61. The summed E-state index contributed by atoms with van der Waals surface area (Å²) >= 11 is 0. The Bertz CT molecular complexity index is 569. The first-order chi connectivity index (χ1) is 11.3. The molecule has 1 fully saturated rings. The summed E-state index contributed by atoms with van der Waals surface area (Å²) in [6.45, 7) is 4.36. The molecule has 0 amide bonds. The lowest BCUT2D eigenvalue weighted by molar-refractivity contribution is 0.164. The van der Waals surface area contributed by atoms with E-state index < -0.39 is 0 Å². The van der Waals surface area contributed by atoms with Gasteiger partial charge in [-0.2, -0.15) is 0 Å². The summed E-state index contributed by atoms with van der Waals surface area (Å²) in [5.41, 5.74) is 1.24. The number of tetrazole rings is 1. The highest BCUT2D eigenvalue weighted by atomic mass is 19.1. The van der Waals surface area contributed by atoms with Gasteiger partial charge >= 0.3 is 0 Å². The summed E-state index contributed by atoms with van der Waals surface area (Å²) in [6, 6.07) is 6.92. The number of nitrogens with zero attached hydrogens (tertiary/aromatic N) is 5. The van der Waals surface area contributed by atoms with Gasteiger partial charge in [-0.1, -0.05) is 12.1 Å². The number of hydrogen-bond donors (Lipinski definition) is 0. The molecule has 1 saturated heterocycles. The first-order valence-electron chi connectivity index (χ1n) is 8.47. The van der Waals surface area contributed by atoms with Crippen molar-refractivity contribution < 1.29 is 4.39 Å². The van der Waals surface area contributed by atoms with Crippen LogP contribution in [0.2, 0.25) is 0 Å². The van der Waals surface area contributed by atoms with Crippen LogP contribution in [0.4, 0.5) is 4.39 Å². The number of piperidine rings is 1. The van der Waals surface area contributed by atoms with Crippen LogP contribution in [0.15, 0.2) is 30.6 Å². The van der Waals surface area contributed by atoms with Crippen LogP contribution in [0.25, 0.3) is 0 Å². The van der Waals surface area contributed by atoms with Crippen LogP contribution in [-0.2, 0) is 13.0 Å². The lowest BCUT2D eigenvalue weighted by Crippen LogP contribution is -2.36. The van der Waals surface area contributed by atoms with Crippen LogP contribution in [-0.4, -0.2) is 44.7 Å². The van der Waals surface area contributed by atoms with Gasteiger partial charge in [0.05, 0.1) is 0 Å². The summed E-state index contributed by atoms with van der Waals surface area (Å²) < 4.78 is 14.7. The van der Waals surface area contributed by atoms with Crippen molar-refractivity contribution >= 4 is 0 Å². The van der Waals surface area contributed by atoms with E-state index >= 15 is 0 Å². The molecule has 0 bridgehead atoms. The van der Waals surface area contributed by atoms with Gasteiger partial charge in [0.25, 0.3) is 0 Å². The molecule has 1 aromatic carbocycles. The maximum Gasteiger partial charge on any atom is 0.138 e. The second-order valence-corrected chi connectivity index (χ2v) is 6.40. The fraction of sp³-hybridized carbons (Fsp3) is 0.588. The zero-order valence-electron chi connectivity index (χ0n) is 13.4. The standard InChI is InChI=1S/C17H24FN5/c18-17-8-6-15(7-9-17)4-5-16-3-1-10-22(13-16)11-2-12-23-14-19-20-21-23/h6-9,14,16H,1-5,10-13H2. The van der Waals surface area contributed by atoms with Crippen LogP contribution in [0.3, 0.4) is 0 Å². The van der Waals surface area contributed by atoms with Crippen molar-refractivity contribution in [2.24, 2.45) is 5.92 Å². The van der Waals surface area contributed by atoms with E-state index in [1.807, 2.05) is 12.1 Å². The minimum Gasteiger partial charge on any atom is -0.303 e. The van der Waals surface area contributed by atoms with Crippen molar-refractivity contribution in [3.63, 3.8) is 0 Å². The van der Waals surface area contributed by atoms with E-state index in [2.05, 4.69) is 20.4 Å². The van der Waals surface area contributed by atoms with Crippen molar-refractivity contribution in [2.75, 3.05) is 19.6 Å². The Labute approximate surface area is 136 Å². The van der Waals surface area contributed by atoms with Crippen molar-refractivity contribution in [1.29, 1.82) is 0 Å². The minimum absolute atomic E-state index is 0.153. The molecule has 2 aromatic rings. The summed E-state index contributed by atoms with van der Waals surface area (Å²) in [7, 11) is 0. The van der Waals surface area contributed by atoms with Crippen LogP contribution >= 0.6 is 0 Å². The molecule has 0 spiro atoms. The average Bonchev–Trinajstić information content (AvgIpc) is 3.08. The number of likely N-dealkylation sites (tertiary alicyclic amines) is 1. The molecule has 3 rings (SSSR count). The van der Waals surface area contributed by atoms with Gasteiger partial charge in [-0.3, -0.25) is 0 Å². The second-order valence-electron chi connectivity index (χ2n) is 6.40. The van der Waals surface area contributed by atoms with E-state index in [0.29, 0.717) is 0 Å². The van der Waals surface area contributed by atoms with Crippen molar-refractivity contribution in [3.8, 4) is 0 Å². The predicted molar refractivity (Wildman–Crippen MR) is 86.3 cm³/mol. The van der Waals surface area contributed by atoms with E-state index in [4.69, 9.17) is 0 Å². The van der Waals surface area contributed by atoms with Gasteiger partial charge in [0.15, 0.2) is 0 Å². The lowest BCUT2D eigenvalue weighted by atomic mass is 9.91. The second kappa shape index (κ2) is 8.15. The lowest BCUT2D eigenvalue weighted by Gasteiger charge is -2.32. The molecular weight excluding hydrogens is 293 g/mol. The van der Waals surface area contributed by atoms with Crippen LogP contribution in [0, 0.1) is 11.7 Å². The van der Waals surface area contributed by atoms with Gasteiger partial charge in [0, 0.05) is 13.1 Å². The fourth-order valence-corrected chi connectivity index (χ4v) is 3.35. The molecule has 0 N–H and O–H groups in total. The highest BCUT2D eigenvalue weighted by Crippen LogP contribution is 2.21. The van der Waals surface area contributed by atoms with Gasteiger partial charge in [-0.15, -0.1) is 5.10 Å². The normalized spacial score (nSPS) is 19.1. The number of aromatic nitrogens is 4. The van der Waals surface area contributed by atoms with Gasteiger partial charge in [-0.05, 0) is 79.2 Å².